The number of carbonyl (C=O) groups excluding carboxylic acids is 1. The molecule has 2 amide bonds. The van der Waals surface area contributed by atoms with Crippen LogP contribution in [0, 0.1) is 10.8 Å². The van der Waals surface area contributed by atoms with E-state index in [-0.39, 0.29) is 23.0 Å². The Hall–Kier alpha value is -1.59. The van der Waals surface area contributed by atoms with Crippen molar-refractivity contribution in [3.63, 3.8) is 0 Å². The molecular weight excluding hydrogens is 326 g/mol. The number of urea groups is 1. The first-order valence-electron chi connectivity index (χ1n) is 9.72. The van der Waals surface area contributed by atoms with Crippen LogP contribution in [0.1, 0.15) is 52.2 Å². The Morgan fingerprint density at radius 2 is 1.92 bits per heavy atom. The van der Waals surface area contributed by atoms with Gasteiger partial charge in [-0.1, -0.05) is 39.8 Å². The number of nitrogens with zero attached hydrogens (tertiary/aromatic N) is 1. The van der Waals surface area contributed by atoms with Gasteiger partial charge in [-0.2, -0.15) is 0 Å². The number of carbonyl (C=O) groups is 1. The number of benzene rings is 1. The number of morpholine rings is 1. The molecule has 0 radical (unpaired) electrons. The normalized spacial score (nSPS) is 25.4. The summed E-state index contributed by atoms with van der Waals surface area (Å²) in [6, 6.07) is 8.03. The van der Waals surface area contributed by atoms with Crippen molar-refractivity contribution in [1.82, 2.24) is 10.2 Å². The van der Waals surface area contributed by atoms with E-state index in [0.29, 0.717) is 0 Å². The predicted molar refractivity (Wildman–Crippen MR) is 105 cm³/mol. The zero-order valence-electron chi connectivity index (χ0n) is 16.6. The third-order valence-corrected chi connectivity index (χ3v) is 5.38. The van der Waals surface area contributed by atoms with E-state index in [2.05, 4.69) is 38.3 Å². The second-order valence-electron chi connectivity index (χ2n) is 9.29. The quantitative estimate of drug-likeness (QED) is 0.838. The molecule has 2 fully saturated rings. The van der Waals surface area contributed by atoms with Gasteiger partial charge in [-0.25, -0.2) is 4.79 Å². The minimum Gasteiger partial charge on any atom is -0.371 e. The number of hydrogen-bond donors (Lipinski definition) is 2. The number of rotatable bonds is 2. The molecule has 2 aliphatic rings. The zero-order valence-corrected chi connectivity index (χ0v) is 16.6. The molecule has 2 saturated heterocycles. The van der Waals surface area contributed by atoms with Gasteiger partial charge >= 0.3 is 6.03 Å². The fraction of sp³-hybridized carbons (Fsp3) is 0.667. The molecule has 0 aromatic heterocycles. The fourth-order valence-corrected chi connectivity index (χ4v) is 4.41. The van der Waals surface area contributed by atoms with Crippen LogP contribution in [0.2, 0.25) is 0 Å². The minimum atomic E-state index is -0.000826. The molecule has 2 N–H and O–H groups in total. The lowest BCUT2D eigenvalue weighted by atomic mass is 9.75. The molecule has 2 aliphatic heterocycles. The molecular formula is C21H33N3O2. The summed E-state index contributed by atoms with van der Waals surface area (Å²) in [5, 5.41) is 6.41. The molecule has 144 valence electrons. The highest BCUT2D eigenvalue weighted by Gasteiger charge is 2.35. The molecule has 0 saturated carbocycles. The van der Waals surface area contributed by atoms with Crippen LogP contribution in [0.3, 0.4) is 0 Å². The number of amides is 2. The Labute approximate surface area is 157 Å². The van der Waals surface area contributed by atoms with Crippen LogP contribution in [0.25, 0.3) is 0 Å². The Balaban J connectivity index is 1.62. The van der Waals surface area contributed by atoms with Crippen LogP contribution in [0.15, 0.2) is 24.3 Å². The molecule has 1 unspecified atom stereocenters. The smallest absolute Gasteiger partial charge is 0.321 e. The van der Waals surface area contributed by atoms with E-state index in [1.807, 2.05) is 29.2 Å². The highest BCUT2D eigenvalue weighted by Crippen LogP contribution is 2.39. The van der Waals surface area contributed by atoms with E-state index in [9.17, 15) is 4.79 Å². The number of ether oxygens (including phenoxy) is 1. The van der Waals surface area contributed by atoms with Crippen molar-refractivity contribution in [2.24, 2.45) is 10.8 Å². The van der Waals surface area contributed by atoms with Crippen molar-refractivity contribution in [3.05, 3.63) is 29.8 Å². The first kappa shape index (κ1) is 19.2. The summed E-state index contributed by atoms with van der Waals surface area (Å²) in [7, 11) is 0. The zero-order chi connectivity index (χ0) is 18.8. The molecule has 1 aromatic rings. The lowest BCUT2D eigenvalue weighted by molar-refractivity contribution is 0.0277. The van der Waals surface area contributed by atoms with E-state index >= 15 is 0 Å². The van der Waals surface area contributed by atoms with Crippen molar-refractivity contribution in [2.45, 2.75) is 46.6 Å². The summed E-state index contributed by atoms with van der Waals surface area (Å²) < 4.78 is 5.78. The van der Waals surface area contributed by atoms with Gasteiger partial charge in [0.2, 0.25) is 0 Å². The van der Waals surface area contributed by atoms with Crippen molar-refractivity contribution in [1.29, 1.82) is 0 Å². The van der Waals surface area contributed by atoms with Gasteiger partial charge in [0.05, 0.1) is 12.7 Å². The molecule has 2 heterocycles. The number of anilines is 1. The van der Waals surface area contributed by atoms with E-state index < -0.39 is 0 Å². The summed E-state index contributed by atoms with van der Waals surface area (Å²) in [4.78, 5) is 14.8. The summed E-state index contributed by atoms with van der Waals surface area (Å²) in [6.07, 6.45) is 2.27. The maximum atomic E-state index is 12.8. The van der Waals surface area contributed by atoms with Gasteiger partial charge in [-0.3, -0.25) is 0 Å². The first-order chi connectivity index (χ1) is 12.2. The summed E-state index contributed by atoms with van der Waals surface area (Å²) in [6.45, 7) is 13.2. The second-order valence-corrected chi connectivity index (χ2v) is 9.29. The Morgan fingerprint density at radius 1 is 1.19 bits per heavy atom. The fourth-order valence-electron chi connectivity index (χ4n) is 4.41. The van der Waals surface area contributed by atoms with Crippen LogP contribution in [0.5, 0.6) is 0 Å². The molecule has 3 rings (SSSR count). The molecule has 26 heavy (non-hydrogen) atoms. The summed E-state index contributed by atoms with van der Waals surface area (Å²) >= 11 is 0. The minimum absolute atomic E-state index is 0.000826. The van der Waals surface area contributed by atoms with Crippen molar-refractivity contribution < 1.29 is 9.53 Å². The Morgan fingerprint density at radius 3 is 2.58 bits per heavy atom. The highest BCUT2D eigenvalue weighted by molar-refractivity contribution is 5.89. The van der Waals surface area contributed by atoms with Gasteiger partial charge < -0.3 is 20.3 Å². The van der Waals surface area contributed by atoms with Crippen molar-refractivity contribution >= 4 is 11.7 Å². The predicted octanol–water partition coefficient (Wildman–Crippen LogP) is 4.03. The third-order valence-electron chi connectivity index (χ3n) is 5.38. The third kappa shape index (κ3) is 4.98. The average molecular weight is 360 g/mol. The number of likely N-dealkylation sites (tertiary alicyclic amines) is 1. The number of nitrogens with one attached hydrogen (secondary N) is 2. The Kier molecular flexibility index (Phi) is 5.58. The topological polar surface area (TPSA) is 53.6 Å². The summed E-state index contributed by atoms with van der Waals surface area (Å²) in [5.74, 6) is 0. The maximum absolute atomic E-state index is 12.8. The van der Waals surface area contributed by atoms with Gasteiger partial charge in [0, 0.05) is 31.9 Å². The lowest BCUT2D eigenvalue weighted by Gasteiger charge is -2.32. The molecule has 1 aromatic carbocycles. The second kappa shape index (κ2) is 7.57. The molecule has 1 atom stereocenters. The van der Waals surface area contributed by atoms with Crippen molar-refractivity contribution in [2.75, 3.05) is 38.1 Å². The van der Waals surface area contributed by atoms with Crippen LogP contribution in [-0.4, -0.2) is 43.7 Å². The lowest BCUT2D eigenvalue weighted by Crippen LogP contribution is -2.40. The van der Waals surface area contributed by atoms with Gasteiger partial charge in [-0.15, -0.1) is 0 Å². The SMILES string of the molecule is CC1(C)CCN(C(=O)Nc2ccc(C3CNCCO3)cc2)CC(C)(C)C1. The first-order valence-corrected chi connectivity index (χ1v) is 9.72. The van der Waals surface area contributed by atoms with Gasteiger partial charge in [0.15, 0.2) is 0 Å². The molecule has 5 nitrogen and oxygen atoms in total. The van der Waals surface area contributed by atoms with Crippen LogP contribution < -0.4 is 10.6 Å². The molecule has 0 spiro atoms. The van der Waals surface area contributed by atoms with E-state index in [1.54, 1.807) is 0 Å². The molecule has 0 aliphatic carbocycles. The van der Waals surface area contributed by atoms with Gasteiger partial charge in [0.1, 0.15) is 0 Å². The van der Waals surface area contributed by atoms with E-state index in [0.717, 1.165) is 56.9 Å². The monoisotopic (exact) mass is 359 g/mol. The largest absolute Gasteiger partial charge is 0.371 e. The van der Waals surface area contributed by atoms with Crippen LogP contribution >= 0.6 is 0 Å². The standard InChI is InChI=1S/C21H33N3O2/c1-20(2)9-11-24(15-21(3,4)14-20)19(25)23-17-7-5-16(6-8-17)18-13-22-10-12-26-18/h5-8,18,22H,9-15H2,1-4H3,(H,23,25). The number of hydrogen-bond acceptors (Lipinski definition) is 3. The van der Waals surface area contributed by atoms with Gasteiger partial charge in [0.25, 0.3) is 0 Å². The maximum Gasteiger partial charge on any atom is 0.321 e. The van der Waals surface area contributed by atoms with Crippen LogP contribution in [-0.2, 0) is 4.74 Å². The average Bonchev–Trinajstić information content (AvgIpc) is 2.70. The molecule has 5 heteroatoms. The van der Waals surface area contributed by atoms with Crippen LogP contribution in [0.4, 0.5) is 10.5 Å². The summed E-state index contributed by atoms with van der Waals surface area (Å²) in [5.41, 5.74) is 2.39. The van der Waals surface area contributed by atoms with Gasteiger partial charge in [-0.05, 0) is 41.4 Å². The van der Waals surface area contributed by atoms with E-state index in [1.165, 1.54) is 0 Å². The molecule has 0 bridgehead atoms. The Bertz CT molecular complexity index is 619. The highest BCUT2D eigenvalue weighted by atomic mass is 16.5. The van der Waals surface area contributed by atoms with Crippen molar-refractivity contribution in [3.8, 4) is 0 Å². The van der Waals surface area contributed by atoms with E-state index in [4.69, 9.17) is 4.74 Å².